The molecule has 0 spiro atoms. The highest BCUT2D eigenvalue weighted by Gasteiger charge is 2.53. The van der Waals surface area contributed by atoms with Crippen molar-refractivity contribution in [3.8, 4) is 0 Å². The minimum absolute atomic E-state index is 0.570. The third-order valence-corrected chi connectivity index (χ3v) is 4.15. The predicted octanol–water partition coefficient (Wildman–Crippen LogP) is 3.01. The fraction of sp³-hybridized carbons (Fsp3) is 0.615. The summed E-state index contributed by atoms with van der Waals surface area (Å²) in [5.74, 6) is 1.03. The second-order valence-electron chi connectivity index (χ2n) is 5.23. The van der Waals surface area contributed by atoms with Crippen molar-refractivity contribution in [2.24, 2.45) is 11.3 Å². The highest BCUT2D eigenvalue weighted by atomic mass is 35.5. The molecule has 0 aliphatic heterocycles. The van der Waals surface area contributed by atoms with E-state index in [-0.39, 0.29) is 0 Å². The molecule has 0 radical (unpaired) electrons. The van der Waals surface area contributed by atoms with Crippen LogP contribution in [0.5, 0.6) is 0 Å². The van der Waals surface area contributed by atoms with Crippen LogP contribution in [0.15, 0.2) is 18.3 Å². The number of hydrogen-bond acceptors (Lipinski definition) is 2. The van der Waals surface area contributed by atoms with Gasteiger partial charge in [-0.1, -0.05) is 17.7 Å². The van der Waals surface area contributed by atoms with Gasteiger partial charge >= 0.3 is 0 Å². The molecule has 0 aromatic carbocycles. The molecule has 0 unspecified atom stereocenters. The lowest BCUT2D eigenvalue weighted by Gasteiger charge is -2.14. The Balaban J connectivity index is 1.48. The van der Waals surface area contributed by atoms with E-state index in [1.54, 1.807) is 0 Å². The molecule has 0 saturated heterocycles. The van der Waals surface area contributed by atoms with Gasteiger partial charge in [-0.3, -0.25) is 0 Å². The summed E-state index contributed by atoms with van der Waals surface area (Å²) in [6, 6.07) is 3.89. The van der Waals surface area contributed by atoms with E-state index in [1.807, 2.05) is 18.3 Å². The Kier molecular flexibility index (Phi) is 2.64. The average molecular weight is 237 g/mol. The molecule has 0 bridgehead atoms. The number of aromatic nitrogens is 1. The van der Waals surface area contributed by atoms with Gasteiger partial charge in [0.15, 0.2) is 0 Å². The Hall–Kier alpha value is -0.600. The molecule has 86 valence electrons. The number of halogens is 1. The van der Waals surface area contributed by atoms with Crippen LogP contribution in [-0.4, -0.2) is 11.5 Å². The van der Waals surface area contributed by atoms with E-state index < -0.39 is 0 Å². The maximum Gasteiger partial charge on any atom is 0.129 e. The molecule has 2 aliphatic rings. The summed E-state index contributed by atoms with van der Waals surface area (Å²) in [6.07, 6.45) is 7.65. The van der Waals surface area contributed by atoms with Crippen molar-refractivity contribution < 1.29 is 0 Å². The molecule has 1 aromatic rings. The molecule has 2 saturated carbocycles. The molecule has 1 N–H and O–H groups in total. The van der Waals surface area contributed by atoms with Gasteiger partial charge in [0.1, 0.15) is 5.15 Å². The Labute approximate surface area is 101 Å². The van der Waals surface area contributed by atoms with Gasteiger partial charge < -0.3 is 5.32 Å². The van der Waals surface area contributed by atoms with E-state index in [0.29, 0.717) is 10.6 Å². The van der Waals surface area contributed by atoms with Gasteiger partial charge in [-0.25, -0.2) is 4.98 Å². The fourth-order valence-electron chi connectivity index (χ4n) is 2.55. The first-order valence-corrected chi connectivity index (χ1v) is 6.47. The summed E-state index contributed by atoms with van der Waals surface area (Å²) in [4.78, 5) is 4.08. The lowest BCUT2D eigenvalue weighted by Crippen LogP contribution is -2.25. The van der Waals surface area contributed by atoms with Crippen LogP contribution >= 0.6 is 11.6 Å². The first-order chi connectivity index (χ1) is 7.78. The number of hydrogen-bond donors (Lipinski definition) is 1. The molecule has 3 rings (SSSR count). The van der Waals surface area contributed by atoms with Gasteiger partial charge in [-0.2, -0.15) is 0 Å². The van der Waals surface area contributed by atoms with Crippen molar-refractivity contribution >= 4 is 11.6 Å². The van der Waals surface area contributed by atoms with Gasteiger partial charge in [-0.15, -0.1) is 0 Å². The molecule has 2 fully saturated rings. The molecular weight excluding hydrogens is 220 g/mol. The molecule has 16 heavy (non-hydrogen) atoms. The summed E-state index contributed by atoms with van der Waals surface area (Å²) in [7, 11) is 0. The van der Waals surface area contributed by atoms with Crippen molar-refractivity contribution in [2.45, 2.75) is 32.2 Å². The lowest BCUT2D eigenvalue weighted by atomic mass is 10.0. The summed E-state index contributed by atoms with van der Waals surface area (Å²) < 4.78 is 0. The largest absolute Gasteiger partial charge is 0.312 e. The molecule has 0 atom stereocenters. The van der Waals surface area contributed by atoms with E-state index in [1.165, 1.54) is 37.8 Å². The second-order valence-corrected chi connectivity index (χ2v) is 5.62. The number of nitrogens with one attached hydrogen (secondary N) is 1. The summed E-state index contributed by atoms with van der Waals surface area (Å²) in [6.45, 7) is 2.10. The van der Waals surface area contributed by atoms with Crippen LogP contribution in [0.4, 0.5) is 0 Å². The van der Waals surface area contributed by atoms with Crippen LogP contribution < -0.4 is 5.32 Å². The van der Waals surface area contributed by atoms with Gasteiger partial charge in [0.25, 0.3) is 0 Å². The van der Waals surface area contributed by atoms with Crippen LogP contribution in [-0.2, 0) is 6.54 Å². The first kappa shape index (κ1) is 10.5. The van der Waals surface area contributed by atoms with Crippen molar-refractivity contribution in [1.29, 1.82) is 0 Å². The molecular formula is C13H17ClN2. The zero-order chi connectivity index (χ0) is 11.0. The minimum atomic E-state index is 0.570. The highest BCUT2D eigenvalue weighted by molar-refractivity contribution is 6.29. The van der Waals surface area contributed by atoms with Crippen molar-refractivity contribution in [3.63, 3.8) is 0 Å². The van der Waals surface area contributed by atoms with Crippen molar-refractivity contribution in [3.05, 3.63) is 29.0 Å². The zero-order valence-electron chi connectivity index (χ0n) is 9.38. The van der Waals surface area contributed by atoms with E-state index in [4.69, 9.17) is 11.6 Å². The van der Waals surface area contributed by atoms with Gasteiger partial charge in [0, 0.05) is 19.3 Å². The molecule has 3 heteroatoms. The third-order valence-electron chi connectivity index (χ3n) is 3.93. The van der Waals surface area contributed by atoms with Crippen molar-refractivity contribution in [1.82, 2.24) is 10.3 Å². The Morgan fingerprint density at radius 3 is 2.75 bits per heavy atom. The average Bonchev–Trinajstić information content (AvgIpc) is 3.15. The van der Waals surface area contributed by atoms with Crippen LogP contribution in [0.25, 0.3) is 0 Å². The Morgan fingerprint density at radius 2 is 2.19 bits per heavy atom. The minimum Gasteiger partial charge on any atom is -0.312 e. The summed E-state index contributed by atoms with van der Waals surface area (Å²) >= 11 is 5.75. The van der Waals surface area contributed by atoms with Gasteiger partial charge in [-0.05, 0) is 48.6 Å². The topological polar surface area (TPSA) is 24.9 Å². The fourth-order valence-corrected chi connectivity index (χ4v) is 2.66. The van der Waals surface area contributed by atoms with E-state index >= 15 is 0 Å². The van der Waals surface area contributed by atoms with Crippen LogP contribution in [0.3, 0.4) is 0 Å². The zero-order valence-corrected chi connectivity index (χ0v) is 10.1. The van der Waals surface area contributed by atoms with E-state index in [9.17, 15) is 0 Å². The van der Waals surface area contributed by atoms with E-state index in [0.717, 1.165) is 12.5 Å². The normalized spacial score (nSPS) is 22.1. The highest BCUT2D eigenvalue weighted by Crippen LogP contribution is 2.60. The maximum absolute atomic E-state index is 5.75. The van der Waals surface area contributed by atoms with Crippen LogP contribution in [0.1, 0.15) is 31.2 Å². The quantitative estimate of drug-likeness (QED) is 0.795. The Morgan fingerprint density at radius 1 is 1.38 bits per heavy atom. The molecule has 2 nitrogen and oxygen atoms in total. The SMILES string of the molecule is Clc1ccc(CNCC2(C3CC3)CC2)cn1. The summed E-state index contributed by atoms with van der Waals surface area (Å²) in [5, 5.41) is 4.13. The molecule has 1 aromatic heterocycles. The van der Waals surface area contributed by atoms with Gasteiger partial charge in [0.05, 0.1) is 0 Å². The number of rotatable bonds is 5. The van der Waals surface area contributed by atoms with Crippen LogP contribution in [0.2, 0.25) is 5.15 Å². The molecule has 0 amide bonds. The first-order valence-electron chi connectivity index (χ1n) is 6.10. The number of pyridine rings is 1. The van der Waals surface area contributed by atoms with Gasteiger partial charge in [0.2, 0.25) is 0 Å². The summed E-state index contributed by atoms with van der Waals surface area (Å²) in [5.41, 5.74) is 1.90. The third kappa shape index (κ3) is 2.23. The smallest absolute Gasteiger partial charge is 0.129 e. The second kappa shape index (κ2) is 4.01. The van der Waals surface area contributed by atoms with E-state index in [2.05, 4.69) is 10.3 Å². The standard InChI is InChI=1S/C13H17ClN2/c14-12-4-1-10(8-16-12)7-15-9-13(5-6-13)11-2-3-11/h1,4,8,11,15H,2-3,5-7,9H2. The lowest BCUT2D eigenvalue weighted by molar-refractivity contribution is 0.403. The van der Waals surface area contributed by atoms with Crippen LogP contribution in [0, 0.1) is 11.3 Å². The van der Waals surface area contributed by atoms with Crippen molar-refractivity contribution in [2.75, 3.05) is 6.54 Å². The predicted molar refractivity (Wildman–Crippen MR) is 65.3 cm³/mol. The number of nitrogens with zero attached hydrogens (tertiary/aromatic N) is 1. The molecule has 1 heterocycles. The maximum atomic E-state index is 5.75. The monoisotopic (exact) mass is 236 g/mol. The molecule has 2 aliphatic carbocycles. The Bertz CT molecular complexity index is 366.